The second kappa shape index (κ2) is 7.31. The number of nitrogens with zero attached hydrogens (tertiary/aromatic N) is 1. The lowest BCUT2D eigenvalue weighted by molar-refractivity contribution is -0.150. The van der Waals surface area contributed by atoms with Crippen molar-refractivity contribution in [1.29, 1.82) is 0 Å². The van der Waals surface area contributed by atoms with Crippen molar-refractivity contribution in [2.75, 3.05) is 26.8 Å². The van der Waals surface area contributed by atoms with Gasteiger partial charge in [-0.15, -0.1) is 0 Å². The fourth-order valence-electron chi connectivity index (χ4n) is 3.29. The molecule has 138 valence electrons. The zero-order valence-corrected chi connectivity index (χ0v) is 15.0. The number of phenolic OH excluding ortho intramolecular Hbond substituents is 1. The van der Waals surface area contributed by atoms with Crippen molar-refractivity contribution in [2.24, 2.45) is 5.41 Å². The van der Waals surface area contributed by atoms with Crippen molar-refractivity contribution in [3.63, 3.8) is 0 Å². The molecule has 1 aliphatic heterocycles. The Morgan fingerprint density at radius 1 is 1.44 bits per heavy atom. The number of aliphatic hydroxyl groups is 1. The fourth-order valence-corrected chi connectivity index (χ4v) is 3.29. The van der Waals surface area contributed by atoms with Crippen LogP contribution < -0.4 is 4.74 Å². The van der Waals surface area contributed by atoms with Gasteiger partial charge < -0.3 is 24.6 Å². The molecule has 7 nitrogen and oxygen atoms in total. The second-order valence-corrected chi connectivity index (χ2v) is 6.72. The summed E-state index contributed by atoms with van der Waals surface area (Å²) in [4.78, 5) is 24.8. The molecule has 2 N–H and O–H groups in total. The summed E-state index contributed by atoms with van der Waals surface area (Å²) in [6.07, 6.45) is -0.673. The highest BCUT2D eigenvalue weighted by molar-refractivity contribution is 5.80. The molecule has 0 radical (unpaired) electrons. The number of hydrogen-bond donors (Lipinski definition) is 2. The molecule has 0 bridgehead atoms. The summed E-state index contributed by atoms with van der Waals surface area (Å²) in [5.74, 6) is -0.615. The van der Waals surface area contributed by atoms with Gasteiger partial charge in [-0.2, -0.15) is 0 Å². The van der Waals surface area contributed by atoms with Crippen molar-refractivity contribution in [1.82, 2.24) is 4.90 Å². The summed E-state index contributed by atoms with van der Waals surface area (Å²) in [6.45, 7) is 5.24. The number of likely N-dealkylation sites (tertiary alicyclic amines) is 1. The number of hydrogen-bond acceptors (Lipinski definition) is 6. The number of benzene rings is 1. The van der Waals surface area contributed by atoms with Gasteiger partial charge in [-0.05, 0) is 24.6 Å². The number of esters is 1. The first-order valence-corrected chi connectivity index (χ1v) is 8.15. The third-order valence-corrected chi connectivity index (χ3v) is 5.04. The minimum Gasteiger partial charge on any atom is -0.504 e. The maximum absolute atomic E-state index is 12.3. The highest BCUT2D eigenvalue weighted by Gasteiger charge is 2.48. The summed E-state index contributed by atoms with van der Waals surface area (Å²) in [5.41, 5.74) is 0.219. The zero-order chi connectivity index (χ0) is 18.8. The Morgan fingerprint density at radius 2 is 2.12 bits per heavy atom. The maximum Gasteiger partial charge on any atom is 0.303 e. The molecule has 1 aliphatic rings. The summed E-state index contributed by atoms with van der Waals surface area (Å²) < 4.78 is 9.85. The Balaban J connectivity index is 2.27. The molecule has 7 heteroatoms. The molecule has 1 aromatic carbocycles. The molecule has 3 atom stereocenters. The third-order valence-electron chi connectivity index (χ3n) is 5.04. The lowest BCUT2D eigenvalue weighted by atomic mass is 9.72. The topological polar surface area (TPSA) is 96.3 Å². The molecular formula is C18H25NO6. The van der Waals surface area contributed by atoms with Crippen LogP contribution in [0.25, 0.3) is 0 Å². The summed E-state index contributed by atoms with van der Waals surface area (Å²) >= 11 is 0. The average molecular weight is 351 g/mol. The van der Waals surface area contributed by atoms with Crippen LogP contribution in [-0.4, -0.2) is 59.9 Å². The van der Waals surface area contributed by atoms with Gasteiger partial charge in [0.2, 0.25) is 0 Å². The third kappa shape index (κ3) is 3.87. The van der Waals surface area contributed by atoms with Crippen LogP contribution in [0.15, 0.2) is 18.2 Å². The number of ether oxygens (including phenoxy) is 2. The molecule has 0 aromatic heterocycles. The van der Waals surface area contributed by atoms with Gasteiger partial charge in [-0.25, -0.2) is 0 Å². The van der Waals surface area contributed by atoms with Crippen LogP contribution in [-0.2, 0) is 14.3 Å². The van der Waals surface area contributed by atoms with Gasteiger partial charge in [0.15, 0.2) is 18.1 Å². The van der Waals surface area contributed by atoms with Crippen LogP contribution in [0.2, 0.25) is 0 Å². The van der Waals surface area contributed by atoms with E-state index in [4.69, 9.17) is 9.47 Å². The maximum atomic E-state index is 12.3. The largest absolute Gasteiger partial charge is 0.504 e. The van der Waals surface area contributed by atoms with E-state index in [0.29, 0.717) is 18.8 Å². The standard InChI is InChI=1S/C18H25NO6/c1-11(20)18(3)10-19(17(23)9-25-12(2)21)8-14(18)13-5-6-16(24-4)15(22)7-13/h5-7,11,14,20,22H,8-10H2,1-4H3/t11-,14+,18+/m1/s1. The quantitative estimate of drug-likeness (QED) is 0.776. The SMILES string of the molecule is COc1ccc([C@@H]2CN(C(=O)COC(C)=O)C[C@@]2(C)[C@@H](C)O)cc1O. The molecule has 2 rings (SSSR count). The van der Waals surface area contributed by atoms with Gasteiger partial charge in [-0.1, -0.05) is 13.0 Å². The van der Waals surface area contributed by atoms with E-state index >= 15 is 0 Å². The smallest absolute Gasteiger partial charge is 0.303 e. The molecule has 1 saturated heterocycles. The molecule has 25 heavy (non-hydrogen) atoms. The normalized spacial score (nSPS) is 24.0. The van der Waals surface area contributed by atoms with Crippen LogP contribution in [0.3, 0.4) is 0 Å². The van der Waals surface area contributed by atoms with E-state index in [1.807, 2.05) is 13.0 Å². The van der Waals surface area contributed by atoms with Gasteiger partial charge in [0.05, 0.1) is 13.2 Å². The van der Waals surface area contributed by atoms with Gasteiger partial charge in [0, 0.05) is 31.3 Å². The molecule has 1 heterocycles. The number of methoxy groups -OCH3 is 1. The van der Waals surface area contributed by atoms with Crippen LogP contribution in [0.1, 0.15) is 32.3 Å². The number of aliphatic hydroxyl groups excluding tert-OH is 1. The van der Waals surface area contributed by atoms with E-state index in [2.05, 4.69) is 0 Å². The van der Waals surface area contributed by atoms with Crippen molar-refractivity contribution < 1.29 is 29.3 Å². The highest BCUT2D eigenvalue weighted by Crippen LogP contribution is 2.46. The van der Waals surface area contributed by atoms with Gasteiger partial charge in [0.25, 0.3) is 5.91 Å². The van der Waals surface area contributed by atoms with Gasteiger partial charge in [-0.3, -0.25) is 9.59 Å². The number of aromatic hydroxyl groups is 1. The van der Waals surface area contributed by atoms with Crippen molar-refractivity contribution in [2.45, 2.75) is 32.8 Å². The molecule has 1 fully saturated rings. The predicted molar refractivity (Wildman–Crippen MR) is 90.4 cm³/mol. The van der Waals surface area contributed by atoms with E-state index in [0.717, 1.165) is 5.56 Å². The monoisotopic (exact) mass is 351 g/mol. The lowest BCUT2D eigenvalue weighted by Gasteiger charge is -2.33. The highest BCUT2D eigenvalue weighted by atomic mass is 16.5. The van der Waals surface area contributed by atoms with Crippen molar-refractivity contribution in [3.05, 3.63) is 23.8 Å². The van der Waals surface area contributed by atoms with Crippen molar-refractivity contribution in [3.8, 4) is 11.5 Å². The molecule has 0 saturated carbocycles. The van der Waals surface area contributed by atoms with E-state index in [9.17, 15) is 19.8 Å². The number of amides is 1. The number of rotatable bonds is 5. The van der Waals surface area contributed by atoms with Gasteiger partial charge in [0.1, 0.15) is 0 Å². The van der Waals surface area contributed by atoms with E-state index in [-0.39, 0.29) is 24.2 Å². The van der Waals surface area contributed by atoms with Crippen LogP contribution >= 0.6 is 0 Å². The Hall–Kier alpha value is -2.28. The van der Waals surface area contributed by atoms with Crippen molar-refractivity contribution >= 4 is 11.9 Å². The van der Waals surface area contributed by atoms with Gasteiger partial charge >= 0.3 is 5.97 Å². The first-order chi connectivity index (χ1) is 11.7. The van der Waals surface area contributed by atoms with Crippen LogP contribution in [0.5, 0.6) is 11.5 Å². The summed E-state index contributed by atoms with van der Waals surface area (Å²) in [7, 11) is 1.47. The molecule has 1 aromatic rings. The van der Waals surface area contributed by atoms with E-state index in [1.54, 1.807) is 24.0 Å². The lowest BCUT2D eigenvalue weighted by Crippen LogP contribution is -2.39. The van der Waals surface area contributed by atoms with Crippen LogP contribution in [0.4, 0.5) is 0 Å². The van der Waals surface area contributed by atoms with E-state index in [1.165, 1.54) is 14.0 Å². The van der Waals surface area contributed by atoms with E-state index < -0.39 is 17.5 Å². The Bertz CT molecular complexity index is 659. The molecule has 0 aliphatic carbocycles. The molecular weight excluding hydrogens is 326 g/mol. The zero-order valence-electron chi connectivity index (χ0n) is 15.0. The number of carbonyl (C=O) groups excluding carboxylic acids is 2. The summed E-state index contributed by atoms with van der Waals surface area (Å²) in [6, 6.07) is 5.09. The van der Waals surface area contributed by atoms with Crippen LogP contribution in [0, 0.1) is 5.41 Å². The first kappa shape index (κ1) is 19.1. The minimum atomic E-state index is -0.673. The molecule has 0 unspecified atom stereocenters. The minimum absolute atomic E-state index is 0.0117. The Kier molecular flexibility index (Phi) is 5.57. The first-order valence-electron chi connectivity index (χ1n) is 8.15. The Morgan fingerprint density at radius 3 is 2.64 bits per heavy atom. The predicted octanol–water partition coefficient (Wildman–Crippen LogP) is 1.28. The number of phenols is 1. The average Bonchev–Trinajstić information content (AvgIpc) is 2.91. The Labute approximate surface area is 147 Å². The molecule has 1 amide bonds. The second-order valence-electron chi connectivity index (χ2n) is 6.72. The number of carbonyl (C=O) groups is 2. The summed E-state index contributed by atoms with van der Waals surface area (Å²) in [5, 5.41) is 20.4. The molecule has 0 spiro atoms. The fraction of sp³-hybridized carbons (Fsp3) is 0.556.